The van der Waals surface area contributed by atoms with Crippen LogP contribution in [-0.4, -0.2) is 24.9 Å². The molecule has 0 unspecified atom stereocenters. The van der Waals surface area contributed by atoms with Crippen molar-refractivity contribution in [3.05, 3.63) is 12.2 Å². The molecule has 0 saturated carbocycles. The van der Waals surface area contributed by atoms with Crippen molar-refractivity contribution in [3.8, 4) is 0 Å². The zero-order valence-corrected chi connectivity index (χ0v) is 15.4. The smallest absolute Gasteiger partial charge is 0.245 e. The van der Waals surface area contributed by atoms with Crippen LogP contribution in [0.3, 0.4) is 0 Å². The van der Waals surface area contributed by atoms with Gasteiger partial charge in [-0.2, -0.15) is 0 Å². The van der Waals surface area contributed by atoms with E-state index in [1.54, 1.807) is 25.1 Å². The summed E-state index contributed by atoms with van der Waals surface area (Å²) in [6.07, 6.45) is 22.8. The van der Waals surface area contributed by atoms with Gasteiger partial charge >= 0.3 is 0 Å². The van der Waals surface area contributed by atoms with Crippen LogP contribution in [0.5, 0.6) is 0 Å². The van der Waals surface area contributed by atoms with Gasteiger partial charge in [-0.3, -0.25) is 4.79 Å². The summed E-state index contributed by atoms with van der Waals surface area (Å²) in [5, 5.41) is 0. The molecule has 0 atom stereocenters. The number of hydrogen-bond donors (Lipinski definition) is 0. The Morgan fingerprint density at radius 1 is 0.727 bits per heavy atom. The van der Waals surface area contributed by atoms with Crippen molar-refractivity contribution in [1.82, 2.24) is 4.90 Å². The van der Waals surface area contributed by atoms with Gasteiger partial charge in [-0.25, -0.2) is 0 Å². The minimum atomic E-state index is 0.0923. The Kier molecular flexibility index (Phi) is 16.0. The molecule has 0 N–H and O–H groups in total. The van der Waals surface area contributed by atoms with Crippen molar-refractivity contribution in [2.75, 3.05) is 14.1 Å². The molecule has 2 heteroatoms. The van der Waals surface area contributed by atoms with Gasteiger partial charge in [-0.15, -0.1) is 0 Å². The molecule has 0 aliphatic heterocycles. The van der Waals surface area contributed by atoms with Crippen LogP contribution in [-0.2, 0) is 4.79 Å². The molecule has 0 aromatic carbocycles. The zero-order chi connectivity index (χ0) is 16.5. The average Bonchev–Trinajstić information content (AvgIpc) is 2.50. The maximum absolute atomic E-state index is 11.3. The predicted molar refractivity (Wildman–Crippen MR) is 98.1 cm³/mol. The molecule has 2 nitrogen and oxygen atoms in total. The van der Waals surface area contributed by atoms with E-state index < -0.39 is 0 Å². The lowest BCUT2D eigenvalue weighted by Gasteiger charge is -2.05. The molecule has 0 bridgehead atoms. The molecule has 22 heavy (non-hydrogen) atoms. The van der Waals surface area contributed by atoms with Gasteiger partial charge in [0.15, 0.2) is 0 Å². The molecular formula is C20H39NO. The highest BCUT2D eigenvalue weighted by Gasteiger charge is 1.96. The molecule has 0 fully saturated rings. The fraction of sp³-hybridized carbons (Fsp3) is 0.850. The number of unbranched alkanes of at least 4 members (excludes halogenated alkanes) is 13. The standard InChI is InChI=1S/C20H39NO/c1-4-5-6-7-8-9-10-11-12-13-14-15-16-17-18-19-20(22)21(2)3/h18-19H,4-17H2,1-3H3/b19-18+. The Morgan fingerprint density at radius 2 is 1.14 bits per heavy atom. The summed E-state index contributed by atoms with van der Waals surface area (Å²) in [4.78, 5) is 12.9. The Balaban J connectivity index is 3.13. The quantitative estimate of drug-likeness (QED) is 0.264. The summed E-state index contributed by atoms with van der Waals surface area (Å²) in [5.41, 5.74) is 0. The minimum Gasteiger partial charge on any atom is -0.345 e. The van der Waals surface area contributed by atoms with Crippen molar-refractivity contribution in [1.29, 1.82) is 0 Å². The van der Waals surface area contributed by atoms with Crippen molar-refractivity contribution in [2.24, 2.45) is 0 Å². The first-order valence-electron chi connectivity index (χ1n) is 9.56. The lowest BCUT2D eigenvalue weighted by atomic mass is 10.0. The van der Waals surface area contributed by atoms with Crippen LogP contribution < -0.4 is 0 Å². The summed E-state index contributed by atoms with van der Waals surface area (Å²) >= 11 is 0. The van der Waals surface area contributed by atoms with E-state index in [1.807, 2.05) is 6.08 Å². The van der Waals surface area contributed by atoms with Crippen LogP contribution in [0.15, 0.2) is 12.2 Å². The van der Waals surface area contributed by atoms with E-state index in [1.165, 1.54) is 83.5 Å². The number of amides is 1. The number of carbonyl (C=O) groups is 1. The second-order valence-corrected chi connectivity index (χ2v) is 6.67. The molecule has 0 spiro atoms. The van der Waals surface area contributed by atoms with Crippen molar-refractivity contribution in [2.45, 2.75) is 96.8 Å². The van der Waals surface area contributed by atoms with Gasteiger partial charge in [0.25, 0.3) is 0 Å². The SMILES string of the molecule is CCCCCCCCCCCCCCC/C=C/C(=O)N(C)C. The third-order valence-corrected chi connectivity index (χ3v) is 4.18. The van der Waals surface area contributed by atoms with Gasteiger partial charge in [0, 0.05) is 14.1 Å². The van der Waals surface area contributed by atoms with E-state index >= 15 is 0 Å². The monoisotopic (exact) mass is 309 g/mol. The van der Waals surface area contributed by atoms with Crippen LogP contribution >= 0.6 is 0 Å². The molecule has 0 aromatic heterocycles. The second-order valence-electron chi connectivity index (χ2n) is 6.67. The van der Waals surface area contributed by atoms with Crippen LogP contribution in [0.25, 0.3) is 0 Å². The first-order valence-corrected chi connectivity index (χ1v) is 9.56. The lowest BCUT2D eigenvalue weighted by Crippen LogP contribution is -2.18. The Morgan fingerprint density at radius 3 is 1.55 bits per heavy atom. The van der Waals surface area contributed by atoms with Gasteiger partial charge in [0.1, 0.15) is 0 Å². The number of allylic oxidation sites excluding steroid dienone is 1. The second kappa shape index (κ2) is 16.6. The molecule has 0 rings (SSSR count). The van der Waals surface area contributed by atoms with Crippen LogP contribution in [0.1, 0.15) is 96.8 Å². The molecular weight excluding hydrogens is 270 g/mol. The fourth-order valence-electron chi connectivity index (χ4n) is 2.61. The van der Waals surface area contributed by atoms with Gasteiger partial charge in [-0.05, 0) is 18.9 Å². The Bertz CT molecular complexity index is 271. The minimum absolute atomic E-state index is 0.0923. The number of nitrogens with zero attached hydrogens (tertiary/aromatic N) is 1. The molecule has 0 radical (unpaired) electrons. The Hall–Kier alpha value is -0.790. The lowest BCUT2D eigenvalue weighted by molar-refractivity contribution is -0.123. The molecule has 130 valence electrons. The summed E-state index contributed by atoms with van der Waals surface area (Å²) in [6, 6.07) is 0. The predicted octanol–water partition coefficient (Wildman–Crippen LogP) is 6.11. The van der Waals surface area contributed by atoms with E-state index in [4.69, 9.17) is 0 Å². The number of hydrogen-bond acceptors (Lipinski definition) is 1. The van der Waals surface area contributed by atoms with E-state index in [-0.39, 0.29) is 5.91 Å². The van der Waals surface area contributed by atoms with E-state index in [0.29, 0.717) is 0 Å². The highest BCUT2D eigenvalue weighted by Crippen LogP contribution is 2.12. The van der Waals surface area contributed by atoms with Crippen molar-refractivity contribution in [3.63, 3.8) is 0 Å². The van der Waals surface area contributed by atoms with E-state index in [0.717, 1.165) is 6.42 Å². The average molecular weight is 310 g/mol. The number of rotatable bonds is 15. The van der Waals surface area contributed by atoms with E-state index in [2.05, 4.69) is 6.92 Å². The molecule has 1 amide bonds. The third-order valence-electron chi connectivity index (χ3n) is 4.18. The summed E-state index contributed by atoms with van der Waals surface area (Å²) in [7, 11) is 3.58. The molecule has 0 aliphatic carbocycles. The van der Waals surface area contributed by atoms with Gasteiger partial charge in [0.05, 0.1) is 0 Å². The summed E-state index contributed by atoms with van der Waals surface area (Å²) < 4.78 is 0. The Labute approximate surface area is 139 Å². The molecule has 0 aromatic rings. The normalized spacial score (nSPS) is 11.2. The first kappa shape index (κ1) is 21.2. The fourth-order valence-corrected chi connectivity index (χ4v) is 2.61. The topological polar surface area (TPSA) is 20.3 Å². The third kappa shape index (κ3) is 15.6. The van der Waals surface area contributed by atoms with Crippen LogP contribution in [0, 0.1) is 0 Å². The highest BCUT2D eigenvalue weighted by atomic mass is 16.2. The number of likely N-dealkylation sites (N-methyl/N-ethyl adjacent to an activating group) is 1. The first-order chi connectivity index (χ1) is 10.7. The maximum atomic E-state index is 11.3. The van der Waals surface area contributed by atoms with Crippen molar-refractivity contribution >= 4 is 5.91 Å². The maximum Gasteiger partial charge on any atom is 0.245 e. The number of carbonyl (C=O) groups excluding carboxylic acids is 1. The molecule has 0 aliphatic rings. The molecule has 0 heterocycles. The van der Waals surface area contributed by atoms with E-state index in [9.17, 15) is 4.79 Å². The van der Waals surface area contributed by atoms with Crippen molar-refractivity contribution < 1.29 is 4.79 Å². The summed E-state index contributed by atoms with van der Waals surface area (Å²) in [5.74, 6) is 0.0923. The zero-order valence-electron chi connectivity index (χ0n) is 15.4. The van der Waals surface area contributed by atoms with Gasteiger partial charge in [-0.1, -0.05) is 90.0 Å². The van der Waals surface area contributed by atoms with Crippen LogP contribution in [0.2, 0.25) is 0 Å². The van der Waals surface area contributed by atoms with Gasteiger partial charge in [0.2, 0.25) is 5.91 Å². The summed E-state index contributed by atoms with van der Waals surface area (Å²) in [6.45, 7) is 2.28. The molecule has 0 saturated heterocycles. The highest BCUT2D eigenvalue weighted by molar-refractivity contribution is 5.86. The van der Waals surface area contributed by atoms with Crippen LogP contribution in [0.4, 0.5) is 0 Å². The van der Waals surface area contributed by atoms with Gasteiger partial charge < -0.3 is 4.90 Å². The largest absolute Gasteiger partial charge is 0.345 e.